The molecule has 4 aromatic carbocycles. The Labute approximate surface area is 324 Å². The fourth-order valence-electron chi connectivity index (χ4n) is 7.38. The molecule has 0 fully saturated rings. The molecule has 5 atom stereocenters. The Kier molecular flexibility index (Phi) is 11.7. The minimum atomic E-state index is -0.979. The van der Waals surface area contributed by atoms with Crippen LogP contribution in [0.3, 0.4) is 0 Å². The fraction of sp³-hybridized carbons (Fsp3) is 0.357. The lowest BCUT2D eigenvalue weighted by Crippen LogP contribution is -2.39. The van der Waals surface area contributed by atoms with Gasteiger partial charge in [0.25, 0.3) is 0 Å². The zero-order valence-electron chi connectivity index (χ0n) is 32.6. The van der Waals surface area contributed by atoms with E-state index >= 15 is 0 Å². The first-order valence-corrected chi connectivity index (χ1v) is 17.7. The first-order valence-electron chi connectivity index (χ1n) is 17.7. The normalized spacial score (nSPS) is 19.4. The standard InChI is InChI=1S/C42H44O14/c1-21(43)52-34-17-24(10-15-30(34)48-6)39-36(53-22(2)44)19-28-32(55-39)20-35(50-8)38(41(28)51-9)37-27-13-12-26(46-4)18-31(27)56-40(42(37)54-23(3)45)25-11-14-29(47-5)33(16-25)49-7/h10-18,20,36-37,39-40,42H,19H2,1-9H3/t36-,37+,39+,40+,42+/m0/s1. The monoisotopic (exact) mass is 772 g/mol. The van der Waals surface area contributed by atoms with Crippen molar-refractivity contribution in [1.29, 1.82) is 0 Å². The number of hydrogen-bond donors (Lipinski definition) is 0. The predicted molar refractivity (Wildman–Crippen MR) is 200 cm³/mol. The van der Waals surface area contributed by atoms with Crippen molar-refractivity contribution in [1.82, 2.24) is 0 Å². The smallest absolute Gasteiger partial charge is 0.308 e. The van der Waals surface area contributed by atoms with Crippen LogP contribution in [-0.2, 0) is 30.3 Å². The van der Waals surface area contributed by atoms with Crippen LogP contribution in [0.4, 0.5) is 0 Å². The molecule has 6 rings (SSSR count). The van der Waals surface area contributed by atoms with Crippen LogP contribution in [0, 0.1) is 0 Å². The Bertz CT molecular complexity index is 2130. The number of esters is 3. The minimum Gasteiger partial charge on any atom is -0.497 e. The Morgan fingerprint density at radius 2 is 1.18 bits per heavy atom. The molecular weight excluding hydrogens is 728 g/mol. The predicted octanol–water partition coefficient (Wildman–Crippen LogP) is 6.47. The van der Waals surface area contributed by atoms with E-state index in [1.807, 2.05) is 12.1 Å². The van der Waals surface area contributed by atoms with Crippen molar-refractivity contribution in [3.8, 4) is 51.7 Å². The summed E-state index contributed by atoms with van der Waals surface area (Å²) < 4.78 is 65.2. The maximum absolute atomic E-state index is 13.0. The highest BCUT2D eigenvalue weighted by Crippen LogP contribution is 2.56. The van der Waals surface area contributed by atoms with Crippen LogP contribution >= 0.6 is 0 Å². The van der Waals surface area contributed by atoms with Crippen LogP contribution in [0.2, 0.25) is 0 Å². The zero-order chi connectivity index (χ0) is 40.3. The zero-order valence-corrected chi connectivity index (χ0v) is 32.6. The van der Waals surface area contributed by atoms with Gasteiger partial charge in [-0.2, -0.15) is 0 Å². The topological polar surface area (TPSA) is 153 Å². The van der Waals surface area contributed by atoms with Gasteiger partial charge < -0.3 is 52.1 Å². The van der Waals surface area contributed by atoms with Crippen molar-refractivity contribution >= 4 is 17.9 Å². The van der Waals surface area contributed by atoms with Gasteiger partial charge in [-0.05, 0) is 30.3 Å². The van der Waals surface area contributed by atoms with Crippen molar-refractivity contribution in [2.24, 2.45) is 0 Å². The summed E-state index contributed by atoms with van der Waals surface area (Å²) in [6, 6.07) is 17.5. The van der Waals surface area contributed by atoms with Crippen molar-refractivity contribution in [3.63, 3.8) is 0 Å². The SMILES string of the molecule is COc1ccc2c(c1)O[C@H](c1ccc(OC)c(OC)c1)[C@H](OC(C)=O)[C@H]2c1c(OC)cc2c(c1OC)C[C@H](OC(C)=O)[C@@H](c1ccc(OC)c(OC(C)=O)c1)O2. The molecule has 0 saturated carbocycles. The van der Waals surface area contributed by atoms with E-state index in [1.165, 1.54) is 49.2 Å². The second-order valence-electron chi connectivity index (χ2n) is 13.0. The molecule has 14 nitrogen and oxygen atoms in total. The summed E-state index contributed by atoms with van der Waals surface area (Å²) in [5.41, 5.74) is 2.96. The molecule has 0 spiro atoms. The molecule has 0 N–H and O–H groups in total. The molecular formula is C42H44O14. The number of carbonyl (C=O) groups excluding carboxylic acids is 3. The van der Waals surface area contributed by atoms with Gasteiger partial charge in [0.15, 0.2) is 41.3 Å². The molecule has 0 bridgehead atoms. The van der Waals surface area contributed by atoms with Gasteiger partial charge in [0.1, 0.15) is 34.9 Å². The Balaban J connectivity index is 1.56. The molecule has 0 radical (unpaired) electrons. The highest BCUT2D eigenvalue weighted by atomic mass is 16.6. The van der Waals surface area contributed by atoms with Gasteiger partial charge in [-0.3, -0.25) is 14.4 Å². The fourth-order valence-corrected chi connectivity index (χ4v) is 7.38. The van der Waals surface area contributed by atoms with E-state index in [4.69, 9.17) is 52.1 Å². The molecule has 2 aliphatic heterocycles. The number of ether oxygens (including phenoxy) is 11. The summed E-state index contributed by atoms with van der Waals surface area (Å²) >= 11 is 0. The van der Waals surface area contributed by atoms with E-state index in [2.05, 4.69) is 0 Å². The van der Waals surface area contributed by atoms with Crippen molar-refractivity contribution < 1.29 is 66.5 Å². The van der Waals surface area contributed by atoms with Crippen LogP contribution in [0.15, 0.2) is 60.7 Å². The molecule has 4 aromatic rings. The van der Waals surface area contributed by atoms with E-state index in [9.17, 15) is 14.4 Å². The number of hydrogen-bond acceptors (Lipinski definition) is 14. The number of fused-ring (bicyclic) bond motifs is 2. The van der Waals surface area contributed by atoms with Crippen molar-refractivity contribution in [2.75, 3.05) is 42.7 Å². The highest BCUT2D eigenvalue weighted by molar-refractivity contribution is 5.71. The molecule has 14 heteroatoms. The van der Waals surface area contributed by atoms with E-state index in [0.29, 0.717) is 73.8 Å². The molecule has 2 heterocycles. The van der Waals surface area contributed by atoms with Crippen molar-refractivity contribution in [3.05, 3.63) is 88.5 Å². The van der Waals surface area contributed by atoms with Gasteiger partial charge in [-0.1, -0.05) is 18.2 Å². The van der Waals surface area contributed by atoms with Gasteiger partial charge in [0.05, 0.1) is 48.6 Å². The Hall–Kier alpha value is -6.31. The van der Waals surface area contributed by atoms with Crippen LogP contribution in [-0.4, -0.2) is 72.8 Å². The number of rotatable bonds is 12. The van der Waals surface area contributed by atoms with E-state index in [0.717, 1.165) is 0 Å². The lowest BCUT2D eigenvalue weighted by Gasteiger charge is -2.41. The third-order valence-corrected chi connectivity index (χ3v) is 9.64. The summed E-state index contributed by atoms with van der Waals surface area (Å²) in [5, 5.41) is 0. The van der Waals surface area contributed by atoms with Gasteiger partial charge in [0, 0.05) is 67.1 Å². The molecule has 0 saturated heterocycles. The Morgan fingerprint density at radius 1 is 0.571 bits per heavy atom. The third kappa shape index (κ3) is 7.63. The van der Waals surface area contributed by atoms with Crippen LogP contribution in [0.25, 0.3) is 0 Å². The summed E-state index contributed by atoms with van der Waals surface area (Å²) in [7, 11) is 9.12. The second-order valence-corrected chi connectivity index (χ2v) is 13.0. The van der Waals surface area contributed by atoms with E-state index < -0.39 is 48.2 Å². The summed E-state index contributed by atoms with van der Waals surface area (Å²) in [4.78, 5) is 37.5. The third-order valence-electron chi connectivity index (χ3n) is 9.64. The first-order chi connectivity index (χ1) is 26.9. The van der Waals surface area contributed by atoms with Crippen LogP contribution in [0.5, 0.6) is 51.7 Å². The molecule has 56 heavy (non-hydrogen) atoms. The number of carbonyl (C=O) groups is 3. The Morgan fingerprint density at radius 3 is 1.77 bits per heavy atom. The highest BCUT2D eigenvalue weighted by Gasteiger charge is 2.47. The summed E-state index contributed by atoms with van der Waals surface area (Å²) in [5.74, 6) is 1.22. The first kappa shape index (κ1) is 39.4. The van der Waals surface area contributed by atoms with Crippen molar-refractivity contribution in [2.45, 2.75) is 57.5 Å². The molecule has 0 aliphatic carbocycles. The average molecular weight is 773 g/mol. The van der Waals surface area contributed by atoms with Gasteiger partial charge in [-0.25, -0.2) is 0 Å². The molecule has 2 aliphatic rings. The van der Waals surface area contributed by atoms with Crippen LogP contribution in [0.1, 0.15) is 66.7 Å². The molecule has 0 unspecified atom stereocenters. The summed E-state index contributed by atoms with van der Waals surface area (Å²) in [6.45, 7) is 3.93. The number of benzene rings is 4. The summed E-state index contributed by atoms with van der Waals surface area (Å²) in [6.07, 6.45) is -3.40. The molecule has 0 aromatic heterocycles. The maximum atomic E-state index is 13.0. The molecule has 296 valence electrons. The van der Waals surface area contributed by atoms with E-state index in [-0.39, 0.29) is 12.2 Å². The van der Waals surface area contributed by atoms with Gasteiger partial charge in [0.2, 0.25) is 0 Å². The molecule has 0 amide bonds. The van der Waals surface area contributed by atoms with E-state index in [1.54, 1.807) is 62.8 Å². The largest absolute Gasteiger partial charge is 0.497 e. The second kappa shape index (κ2) is 16.6. The average Bonchev–Trinajstić information content (AvgIpc) is 3.18. The maximum Gasteiger partial charge on any atom is 0.308 e. The number of methoxy groups -OCH3 is 6. The van der Waals surface area contributed by atoms with Gasteiger partial charge >= 0.3 is 17.9 Å². The van der Waals surface area contributed by atoms with Crippen LogP contribution < -0.4 is 42.6 Å². The lowest BCUT2D eigenvalue weighted by molar-refractivity contribution is -0.154. The quantitative estimate of drug-likeness (QED) is 0.114. The minimum absolute atomic E-state index is 0.144. The van der Waals surface area contributed by atoms with Gasteiger partial charge in [-0.15, -0.1) is 0 Å². The lowest BCUT2D eigenvalue weighted by atomic mass is 9.77.